The molecule has 0 fully saturated rings. The van der Waals surface area contributed by atoms with Gasteiger partial charge in [0.1, 0.15) is 4.88 Å². The van der Waals surface area contributed by atoms with E-state index in [1.165, 1.54) is 6.92 Å². The maximum absolute atomic E-state index is 12.3. The minimum Gasteiger partial charge on any atom is -0.462 e. The molecule has 0 aliphatic carbocycles. The molecule has 1 heterocycles. The van der Waals surface area contributed by atoms with Gasteiger partial charge in [-0.2, -0.15) is 0 Å². The van der Waals surface area contributed by atoms with Crippen molar-refractivity contribution in [1.29, 1.82) is 0 Å². The second kappa shape index (κ2) is 7.69. The summed E-state index contributed by atoms with van der Waals surface area (Å²) in [5.41, 5.74) is 1.39. The summed E-state index contributed by atoms with van der Waals surface area (Å²) >= 11 is 1.06. The van der Waals surface area contributed by atoms with Crippen LogP contribution in [0, 0.1) is 6.92 Å². The molecule has 7 nitrogen and oxygen atoms in total. The smallest absolute Gasteiger partial charge is 0.350 e. The summed E-state index contributed by atoms with van der Waals surface area (Å²) in [5.74, 6) is -1.06. The van der Waals surface area contributed by atoms with E-state index in [4.69, 9.17) is 4.74 Å². The van der Waals surface area contributed by atoms with Crippen molar-refractivity contribution in [2.75, 3.05) is 17.2 Å². The highest BCUT2D eigenvalue weighted by Crippen LogP contribution is 2.24. The Balaban J connectivity index is 2.14. The van der Waals surface area contributed by atoms with Gasteiger partial charge in [-0.25, -0.2) is 9.78 Å². The lowest BCUT2D eigenvalue weighted by atomic mass is 10.2. The lowest BCUT2D eigenvalue weighted by Crippen LogP contribution is -2.13. The molecule has 1 aromatic carbocycles. The van der Waals surface area contributed by atoms with Crippen molar-refractivity contribution in [2.45, 2.75) is 20.8 Å². The van der Waals surface area contributed by atoms with Gasteiger partial charge in [-0.3, -0.25) is 14.9 Å². The number of anilines is 2. The van der Waals surface area contributed by atoms with Crippen molar-refractivity contribution in [3.05, 3.63) is 40.4 Å². The van der Waals surface area contributed by atoms with Crippen LogP contribution in [0.15, 0.2) is 24.3 Å². The SMILES string of the molecule is CCOC(=O)c1sc(NC(=O)c2cccc(NC(C)=O)c2)nc1C. The van der Waals surface area contributed by atoms with Gasteiger partial charge in [-0.05, 0) is 32.0 Å². The number of thiazole rings is 1. The first kappa shape index (κ1) is 17.6. The third kappa shape index (κ3) is 4.39. The predicted octanol–water partition coefficient (Wildman–Crippen LogP) is 2.84. The van der Waals surface area contributed by atoms with Crippen molar-refractivity contribution in [2.24, 2.45) is 0 Å². The van der Waals surface area contributed by atoms with Crippen LogP contribution in [-0.2, 0) is 9.53 Å². The number of carbonyl (C=O) groups is 3. The quantitative estimate of drug-likeness (QED) is 0.811. The van der Waals surface area contributed by atoms with Crippen LogP contribution in [0.3, 0.4) is 0 Å². The van der Waals surface area contributed by atoms with Gasteiger partial charge in [0.2, 0.25) is 5.91 Å². The Labute approximate surface area is 143 Å². The van der Waals surface area contributed by atoms with E-state index in [1.807, 2.05) is 0 Å². The van der Waals surface area contributed by atoms with Gasteiger partial charge < -0.3 is 10.1 Å². The number of carbonyl (C=O) groups excluding carboxylic acids is 3. The van der Waals surface area contributed by atoms with Gasteiger partial charge in [0, 0.05) is 18.2 Å². The molecule has 24 heavy (non-hydrogen) atoms. The first-order valence-electron chi connectivity index (χ1n) is 7.24. The van der Waals surface area contributed by atoms with Gasteiger partial charge >= 0.3 is 5.97 Å². The van der Waals surface area contributed by atoms with E-state index in [0.29, 0.717) is 27.0 Å². The monoisotopic (exact) mass is 347 g/mol. The summed E-state index contributed by atoms with van der Waals surface area (Å²) in [6, 6.07) is 6.53. The number of aryl methyl sites for hydroxylation is 1. The molecule has 0 saturated heterocycles. The maximum Gasteiger partial charge on any atom is 0.350 e. The maximum atomic E-state index is 12.3. The van der Waals surface area contributed by atoms with Crippen molar-refractivity contribution < 1.29 is 19.1 Å². The minimum absolute atomic E-state index is 0.220. The number of rotatable bonds is 5. The number of esters is 1. The first-order chi connectivity index (χ1) is 11.4. The molecule has 0 spiro atoms. The molecule has 2 aromatic rings. The number of amides is 2. The molecule has 0 bridgehead atoms. The van der Waals surface area contributed by atoms with E-state index in [9.17, 15) is 14.4 Å². The Morgan fingerprint density at radius 3 is 2.67 bits per heavy atom. The Morgan fingerprint density at radius 1 is 1.25 bits per heavy atom. The molecular weight excluding hydrogens is 330 g/mol. The predicted molar refractivity (Wildman–Crippen MR) is 91.5 cm³/mol. The number of benzene rings is 1. The summed E-state index contributed by atoms with van der Waals surface area (Å²) in [4.78, 5) is 39.7. The highest BCUT2D eigenvalue weighted by atomic mass is 32.1. The summed E-state index contributed by atoms with van der Waals surface area (Å²) < 4.78 is 4.94. The summed E-state index contributed by atoms with van der Waals surface area (Å²) in [5, 5.41) is 5.57. The normalized spacial score (nSPS) is 10.1. The summed E-state index contributed by atoms with van der Waals surface area (Å²) in [7, 11) is 0. The van der Waals surface area contributed by atoms with E-state index >= 15 is 0 Å². The number of nitrogens with one attached hydrogen (secondary N) is 2. The molecule has 0 aliphatic heterocycles. The molecule has 126 valence electrons. The van der Waals surface area contributed by atoms with Crippen molar-refractivity contribution in [1.82, 2.24) is 4.98 Å². The number of nitrogens with zero attached hydrogens (tertiary/aromatic N) is 1. The molecule has 2 N–H and O–H groups in total. The first-order valence-corrected chi connectivity index (χ1v) is 8.06. The van der Waals surface area contributed by atoms with Gasteiger partial charge in [0.15, 0.2) is 5.13 Å². The molecule has 0 aliphatic rings. The fourth-order valence-corrected chi connectivity index (χ4v) is 2.80. The van der Waals surface area contributed by atoms with E-state index < -0.39 is 5.97 Å². The minimum atomic E-state index is -0.458. The lowest BCUT2D eigenvalue weighted by molar-refractivity contribution is -0.114. The molecular formula is C16H17N3O4S. The van der Waals surface area contributed by atoms with Crippen LogP contribution in [-0.4, -0.2) is 29.4 Å². The third-order valence-corrected chi connectivity index (χ3v) is 3.98. The van der Waals surface area contributed by atoms with Gasteiger partial charge in [-0.15, -0.1) is 0 Å². The third-order valence-electron chi connectivity index (χ3n) is 2.92. The highest BCUT2D eigenvalue weighted by molar-refractivity contribution is 7.17. The number of hydrogen-bond donors (Lipinski definition) is 2. The second-order valence-electron chi connectivity index (χ2n) is 4.87. The van der Waals surface area contributed by atoms with E-state index in [-0.39, 0.29) is 18.4 Å². The molecule has 8 heteroatoms. The second-order valence-corrected chi connectivity index (χ2v) is 5.87. The highest BCUT2D eigenvalue weighted by Gasteiger charge is 2.18. The van der Waals surface area contributed by atoms with Crippen LogP contribution in [0.25, 0.3) is 0 Å². The number of aromatic nitrogens is 1. The van der Waals surface area contributed by atoms with Crippen LogP contribution in [0.2, 0.25) is 0 Å². The zero-order valence-electron chi connectivity index (χ0n) is 13.5. The Hall–Kier alpha value is -2.74. The molecule has 0 unspecified atom stereocenters. The fraction of sp³-hybridized carbons (Fsp3) is 0.250. The Kier molecular flexibility index (Phi) is 5.64. The molecule has 2 rings (SSSR count). The van der Waals surface area contributed by atoms with E-state index in [2.05, 4.69) is 15.6 Å². The Bertz CT molecular complexity index is 785. The van der Waals surface area contributed by atoms with Gasteiger partial charge in [-0.1, -0.05) is 17.4 Å². The van der Waals surface area contributed by atoms with E-state index in [0.717, 1.165) is 11.3 Å². The fourth-order valence-electron chi connectivity index (χ4n) is 1.95. The van der Waals surface area contributed by atoms with Gasteiger partial charge in [0.05, 0.1) is 12.3 Å². The summed E-state index contributed by atoms with van der Waals surface area (Å²) in [6.07, 6.45) is 0. The van der Waals surface area contributed by atoms with Crippen LogP contribution in [0.1, 0.15) is 39.6 Å². The Morgan fingerprint density at radius 2 is 2.00 bits per heavy atom. The van der Waals surface area contributed by atoms with Crippen LogP contribution >= 0.6 is 11.3 Å². The zero-order chi connectivity index (χ0) is 17.7. The average Bonchev–Trinajstić information content (AvgIpc) is 2.87. The van der Waals surface area contributed by atoms with Crippen LogP contribution in [0.5, 0.6) is 0 Å². The van der Waals surface area contributed by atoms with Crippen molar-refractivity contribution in [3.8, 4) is 0 Å². The van der Waals surface area contributed by atoms with Crippen molar-refractivity contribution in [3.63, 3.8) is 0 Å². The number of hydrogen-bond acceptors (Lipinski definition) is 6. The summed E-state index contributed by atoms with van der Waals surface area (Å²) in [6.45, 7) is 5.06. The number of ether oxygens (including phenoxy) is 1. The van der Waals surface area contributed by atoms with Crippen LogP contribution in [0.4, 0.5) is 10.8 Å². The molecule has 2 amide bonds. The molecule has 0 saturated carbocycles. The molecule has 0 radical (unpaired) electrons. The van der Waals surface area contributed by atoms with Crippen molar-refractivity contribution >= 4 is 39.9 Å². The average molecular weight is 347 g/mol. The van der Waals surface area contributed by atoms with Crippen LogP contribution < -0.4 is 10.6 Å². The zero-order valence-corrected chi connectivity index (χ0v) is 14.3. The molecule has 1 aromatic heterocycles. The standard InChI is InChI=1S/C16H17N3O4S/c1-4-23-15(22)13-9(2)17-16(24-13)19-14(21)11-6-5-7-12(8-11)18-10(3)20/h5-8H,4H2,1-3H3,(H,18,20)(H,17,19,21). The largest absolute Gasteiger partial charge is 0.462 e. The van der Waals surface area contributed by atoms with Gasteiger partial charge in [0.25, 0.3) is 5.91 Å². The molecule has 0 atom stereocenters. The van der Waals surface area contributed by atoms with E-state index in [1.54, 1.807) is 38.1 Å². The lowest BCUT2D eigenvalue weighted by Gasteiger charge is -2.05. The topological polar surface area (TPSA) is 97.4 Å².